The number of carbonyl (C=O) groups excluding carboxylic acids is 1. The molecule has 1 amide bonds. The van der Waals surface area contributed by atoms with Crippen molar-refractivity contribution in [2.45, 2.75) is 45.6 Å². The molecule has 0 aliphatic carbocycles. The highest BCUT2D eigenvalue weighted by Gasteiger charge is 2.16. The van der Waals surface area contributed by atoms with Crippen LogP contribution in [0.1, 0.15) is 39.5 Å². The smallest absolute Gasteiger partial charge is 0.265 e. The van der Waals surface area contributed by atoms with E-state index in [4.69, 9.17) is 21.1 Å². The Morgan fingerprint density at radius 1 is 1.08 bits per heavy atom. The average Bonchev–Trinajstić information content (AvgIpc) is 2.64. The zero-order chi connectivity index (χ0) is 18.8. The predicted molar refractivity (Wildman–Crippen MR) is 106 cm³/mol. The van der Waals surface area contributed by atoms with Crippen LogP contribution in [-0.2, 0) is 4.79 Å². The van der Waals surface area contributed by atoms with E-state index in [0.29, 0.717) is 23.1 Å². The number of carbonyl (C=O) groups is 1. The van der Waals surface area contributed by atoms with E-state index in [1.54, 1.807) is 19.1 Å². The lowest BCUT2D eigenvalue weighted by atomic mass is 10.2. The maximum atomic E-state index is 12.3. The Morgan fingerprint density at radius 3 is 2.50 bits per heavy atom. The number of amides is 1. The molecule has 2 rings (SSSR count). The summed E-state index contributed by atoms with van der Waals surface area (Å²) in [7, 11) is 0. The number of anilines is 1. The molecule has 0 aliphatic rings. The number of hydrogen-bond acceptors (Lipinski definition) is 3. The fraction of sp³-hybridized carbons (Fsp3) is 0.381. The molecule has 1 unspecified atom stereocenters. The first-order chi connectivity index (χ1) is 12.6. The summed E-state index contributed by atoms with van der Waals surface area (Å²) in [4.78, 5) is 12.3. The van der Waals surface area contributed by atoms with Crippen LogP contribution >= 0.6 is 11.6 Å². The average molecular weight is 376 g/mol. The standard InChI is InChI=1S/C21H26ClNO3/c1-3-4-5-8-15-25-18-13-11-17(12-14-18)23-21(24)16(2)26-20-10-7-6-9-19(20)22/h6-7,9-14,16H,3-5,8,15H2,1-2H3,(H,23,24). The summed E-state index contributed by atoms with van der Waals surface area (Å²) in [5.41, 5.74) is 0.697. The second-order valence-corrected chi connectivity index (χ2v) is 6.52. The fourth-order valence-electron chi connectivity index (χ4n) is 2.38. The van der Waals surface area contributed by atoms with Crippen molar-refractivity contribution in [3.8, 4) is 11.5 Å². The molecule has 0 aliphatic heterocycles. The van der Waals surface area contributed by atoms with Crippen molar-refractivity contribution in [2.75, 3.05) is 11.9 Å². The quantitative estimate of drug-likeness (QED) is 0.541. The van der Waals surface area contributed by atoms with Crippen molar-refractivity contribution in [1.29, 1.82) is 0 Å². The first kappa shape index (κ1) is 20.1. The van der Waals surface area contributed by atoms with Crippen LogP contribution in [0.5, 0.6) is 11.5 Å². The summed E-state index contributed by atoms with van der Waals surface area (Å²) >= 11 is 6.05. The summed E-state index contributed by atoms with van der Waals surface area (Å²) in [6, 6.07) is 14.4. The van der Waals surface area contributed by atoms with Crippen LogP contribution in [0.4, 0.5) is 5.69 Å². The van der Waals surface area contributed by atoms with Gasteiger partial charge in [0.1, 0.15) is 11.5 Å². The largest absolute Gasteiger partial charge is 0.494 e. The van der Waals surface area contributed by atoms with E-state index in [-0.39, 0.29) is 5.91 Å². The molecule has 4 nitrogen and oxygen atoms in total. The van der Waals surface area contributed by atoms with Gasteiger partial charge in [0.25, 0.3) is 5.91 Å². The highest BCUT2D eigenvalue weighted by atomic mass is 35.5. The van der Waals surface area contributed by atoms with Gasteiger partial charge in [0.2, 0.25) is 0 Å². The van der Waals surface area contributed by atoms with Gasteiger partial charge in [-0.2, -0.15) is 0 Å². The zero-order valence-corrected chi connectivity index (χ0v) is 16.1. The minimum absolute atomic E-state index is 0.238. The number of benzene rings is 2. The van der Waals surface area contributed by atoms with Gasteiger partial charge in [-0.3, -0.25) is 4.79 Å². The molecule has 0 fully saturated rings. The fourth-order valence-corrected chi connectivity index (χ4v) is 2.56. The second kappa shape index (κ2) is 10.7. The third-order valence-electron chi connectivity index (χ3n) is 3.90. The molecule has 5 heteroatoms. The summed E-state index contributed by atoms with van der Waals surface area (Å²) in [6.45, 7) is 4.59. The van der Waals surface area contributed by atoms with Crippen molar-refractivity contribution in [1.82, 2.24) is 0 Å². The predicted octanol–water partition coefficient (Wildman–Crippen LogP) is 5.71. The molecule has 0 aromatic heterocycles. The number of rotatable bonds is 10. The lowest BCUT2D eigenvalue weighted by Crippen LogP contribution is -2.30. The van der Waals surface area contributed by atoms with Gasteiger partial charge in [0, 0.05) is 5.69 Å². The number of ether oxygens (including phenoxy) is 2. The van der Waals surface area contributed by atoms with E-state index in [2.05, 4.69) is 12.2 Å². The van der Waals surface area contributed by atoms with E-state index < -0.39 is 6.10 Å². The Labute approximate surface area is 160 Å². The van der Waals surface area contributed by atoms with Crippen LogP contribution in [0.3, 0.4) is 0 Å². The van der Waals surface area contributed by atoms with Gasteiger partial charge in [0.15, 0.2) is 6.10 Å². The summed E-state index contributed by atoms with van der Waals surface area (Å²) in [5.74, 6) is 1.06. The van der Waals surface area contributed by atoms with Crippen LogP contribution in [0.25, 0.3) is 0 Å². The Kier molecular flexibility index (Phi) is 8.29. The minimum atomic E-state index is -0.663. The van der Waals surface area contributed by atoms with Gasteiger partial charge in [-0.15, -0.1) is 0 Å². The van der Waals surface area contributed by atoms with Gasteiger partial charge < -0.3 is 14.8 Å². The first-order valence-electron chi connectivity index (χ1n) is 9.05. The topological polar surface area (TPSA) is 47.6 Å². The molecule has 140 valence electrons. The highest BCUT2D eigenvalue weighted by molar-refractivity contribution is 6.32. The molecular formula is C21H26ClNO3. The maximum absolute atomic E-state index is 12.3. The Bertz CT molecular complexity index is 688. The number of para-hydroxylation sites is 1. The van der Waals surface area contributed by atoms with Gasteiger partial charge in [-0.1, -0.05) is 49.9 Å². The lowest BCUT2D eigenvalue weighted by Gasteiger charge is -2.15. The monoisotopic (exact) mass is 375 g/mol. The maximum Gasteiger partial charge on any atom is 0.265 e. The molecular weight excluding hydrogens is 350 g/mol. The van der Waals surface area contributed by atoms with E-state index >= 15 is 0 Å². The molecule has 0 saturated carbocycles. The molecule has 0 heterocycles. The molecule has 0 radical (unpaired) electrons. The third-order valence-corrected chi connectivity index (χ3v) is 4.21. The molecule has 0 saturated heterocycles. The van der Waals surface area contributed by atoms with Crippen molar-refractivity contribution < 1.29 is 14.3 Å². The van der Waals surface area contributed by atoms with E-state index in [1.165, 1.54) is 19.3 Å². The molecule has 1 atom stereocenters. The summed E-state index contributed by atoms with van der Waals surface area (Å²) < 4.78 is 11.3. The minimum Gasteiger partial charge on any atom is -0.494 e. The van der Waals surface area contributed by atoms with Gasteiger partial charge in [-0.05, 0) is 49.7 Å². The van der Waals surface area contributed by atoms with Crippen molar-refractivity contribution in [3.05, 3.63) is 53.6 Å². The summed E-state index contributed by atoms with van der Waals surface area (Å²) in [6.07, 6.45) is 4.04. The molecule has 0 bridgehead atoms. The number of hydrogen-bond donors (Lipinski definition) is 1. The summed E-state index contributed by atoms with van der Waals surface area (Å²) in [5, 5.41) is 3.31. The second-order valence-electron chi connectivity index (χ2n) is 6.11. The van der Waals surface area contributed by atoms with Gasteiger partial charge in [0.05, 0.1) is 11.6 Å². The number of unbranched alkanes of at least 4 members (excludes halogenated alkanes) is 3. The lowest BCUT2D eigenvalue weighted by molar-refractivity contribution is -0.122. The molecule has 2 aromatic carbocycles. The van der Waals surface area contributed by atoms with Crippen molar-refractivity contribution >= 4 is 23.2 Å². The number of halogens is 1. The van der Waals surface area contributed by atoms with Crippen LogP contribution < -0.4 is 14.8 Å². The van der Waals surface area contributed by atoms with Crippen molar-refractivity contribution in [3.63, 3.8) is 0 Å². The van der Waals surface area contributed by atoms with Gasteiger partial charge in [-0.25, -0.2) is 0 Å². The Hall–Kier alpha value is -2.20. The Morgan fingerprint density at radius 2 is 1.81 bits per heavy atom. The van der Waals surface area contributed by atoms with Crippen LogP contribution in [-0.4, -0.2) is 18.6 Å². The van der Waals surface area contributed by atoms with E-state index in [9.17, 15) is 4.79 Å². The van der Waals surface area contributed by atoms with Crippen LogP contribution in [0, 0.1) is 0 Å². The number of nitrogens with one attached hydrogen (secondary N) is 1. The van der Waals surface area contributed by atoms with Gasteiger partial charge >= 0.3 is 0 Å². The molecule has 2 aromatic rings. The normalized spacial score (nSPS) is 11.7. The van der Waals surface area contributed by atoms with Crippen molar-refractivity contribution in [2.24, 2.45) is 0 Å². The Balaban J connectivity index is 1.80. The van der Waals surface area contributed by atoms with Crippen LogP contribution in [0.2, 0.25) is 5.02 Å². The highest BCUT2D eigenvalue weighted by Crippen LogP contribution is 2.24. The SMILES string of the molecule is CCCCCCOc1ccc(NC(=O)C(C)Oc2ccccc2Cl)cc1. The van der Waals surface area contributed by atoms with Crippen LogP contribution in [0.15, 0.2) is 48.5 Å². The molecule has 1 N–H and O–H groups in total. The zero-order valence-electron chi connectivity index (χ0n) is 15.3. The molecule has 0 spiro atoms. The third kappa shape index (κ3) is 6.60. The molecule has 26 heavy (non-hydrogen) atoms. The first-order valence-corrected chi connectivity index (χ1v) is 9.43. The van der Waals surface area contributed by atoms with E-state index in [0.717, 1.165) is 12.2 Å². The van der Waals surface area contributed by atoms with E-state index in [1.807, 2.05) is 36.4 Å².